The van der Waals surface area contributed by atoms with Crippen molar-refractivity contribution >= 4 is 34.2 Å². The molecule has 5 nitrogen and oxygen atoms in total. The lowest BCUT2D eigenvalue weighted by Gasteiger charge is -2.25. The molecule has 0 spiro atoms. The number of aromatic hydroxyl groups is 1. The summed E-state index contributed by atoms with van der Waals surface area (Å²) in [5, 5.41) is 10.7. The van der Waals surface area contributed by atoms with Gasteiger partial charge >= 0.3 is 0 Å². The first-order valence-corrected chi connectivity index (χ1v) is 10.2. The summed E-state index contributed by atoms with van der Waals surface area (Å²) in [6, 6.07) is 16.4. The molecule has 31 heavy (non-hydrogen) atoms. The van der Waals surface area contributed by atoms with E-state index >= 15 is 0 Å². The van der Waals surface area contributed by atoms with E-state index in [9.17, 15) is 14.7 Å². The van der Waals surface area contributed by atoms with Crippen LogP contribution in [0.3, 0.4) is 0 Å². The zero-order valence-electron chi connectivity index (χ0n) is 16.8. The lowest BCUT2D eigenvalue weighted by Crippen LogP contribution is -2.29. The van der Waals surface area contributed by atoms with Crippen LogP contribution in [0.5, 0.6) is 5.75 Å². The van der Waals surface area contributed by atoms with Crippen molar-refractivity contribution in [2.75, 3.05) is 4.90 Å². The summed E-state index contributed by atoms with van der Waals surface area (Å²) in [5.41, 5.74) is 3.46. The van der Waals surface area contributed by atoms with Crippen LogP contribution in [0.2, 0.25) is 5.02 Å². The highest BCUT2D eigenvalue weighted by Crippen LogP contribution is 2.42. The Kier molecular flexibility index (Phi) is 4.38. The van der Waals surface area contributed by atoms with Crippen molar-refractivity contribution < 1.29 is 14.3 Å². The molecule has 1 N–H and O–H groups in total. The molecular formula is C25H18ClNO4. The smallest absolute Gasteiger partial charge is 0.295 e. The van der Waals surface area contributed by atoms with E-state index in [1.54, 1.807) is 36.4 Å². The van der Waals surface area contributed by atoms with Gasteiger partial charge in [0, 0.05) is 10.7 Å². The molecular weight excluding hydrogens is 414 g/mol. The number of halogens is 1. The van der Waals surface area contributed by atoms with Gasteiger partial charge in [-0.05, 0) is 61.4 Å². The lowest BCUT2D eigenvalue weighted by atomic mass is 9.97. The Morgan fingerprint density at radius 2 is 1.71 bits per heavy atom. The number of amides is 1. The molecule has 2 heterocycles. The van der Waals surface area contributed by atoms with Crippen molar-refractivity contribution in [3.05, 3.63) is 104 Å². The molecule has 0 saturated heterocycles. The van der Waals surface area contributed by atoms with Crippen LogP contribution in [0, 0.1) is 13.8 Å². The quantitative estimate of drug-likeness (QED) is 0.453. The van der Waals surface area contributed by atoms with Crippen LogP contribution in [-0.4, -0.2) is 11.0 Å². The van der Waals surface area contributed by atoms with Crippen molar-refractivity contribution in [2.24, 2.45) is 0 Å². The third kappa shape index (κ3) is 3.01. The molecule has 1 aromatic heterocycles. The van der Waals surface area contributed by atoms with Crippen LogP contribution in [0.15, 0.2) is 69.9 Å². The summed E-state index contributed by atoms with van der Waals surface area (Å²) in [4.78, 5) is 28.6. The molecule has 1 aliphatic rings. The molecule has 0 fully saturated rings. The maximum absolute atomic E-state index is 13.6. The molecule has 5 rings (SSSR count). The molecule has 4 aromatic rings. The molecule has 6 heteroatoms. The number of carbonyl (C=O) groups excluding carboxylic acids is 1. The van der Waals surface area contributed by atoms with Gasteiger partial charge in [-0.25, -0.2) is 0 Å². The van der Waals surface area contributed by atoms with E-state index in [0.29, 0.717) is 27.2 Å². The fraction of sp³-hybridized carbons (Fsp3) is 0.120. The van der Waals surface area contributed by atoms with Gasteiger partial charge in [0.15, 0.2) is 5.43 Å². The Morgan fingerprint density at radius 1 is 0.968 bits per heavy atom. The third-order valence-corrected chi connectivity index (χ3v) is 6.08. The van der Waals surface area contributed by atoms with E-state index in [1.807, 2.05) is 26.0 Å². The van der Waals surface area contributed by atoms with Gasteiger partial charge in [-0.15, -0.1) is 0 Å². The molecule has 0 radical (unpaired) electrons. The molecule has 1 amide bonds. The number of nitrogens with zero attached hydrogens (tertiary/aromatic N) is 1. The fourth-order valence-corrected chi connectivity index (χ4v) is 4.23. The van der Waals surface area contributed by atoms with Crippen molar-refractivity contribution in [2.45, 2.75) is 19.9 Å². The van der Waals surface area contributed by atoms with Gasteiger partial charge in [-0.2, -0.15) is 0 Å². The van der Waals surface area contributed by atoms with Gasteiger partial charge in [0.25, 0.3) is 5.91 Å². The van der Waals surface area contributed by atoms with E-state index in [0.717, 1.165) is 11.1 Å². The number of carbonyl (C=O) groups is 1. The van der Waals surface area contributed by atoms with Gasteiger partial charge in [-0.3, -0.25) is 14.5 Å². The minimum absolute atomic E-state index is 0.0242. The average molecular weight is 432 g/mol. The first-order chi connectivity index (χ1) is 14.8. The first-order valence-electron chi connectivity index (χ1n) is 9.81. The van der Waals surface area contributed by atoms with Gasteiger partial charge < -0.3 is 9.52 Å². The van der Waals surface area contributed by atoms with Crippen LogP contribution < -0.4 is 10.3 Å². The van der Waals surface area contributed by atoms with Crippen LogP contribution >= 0.6 is 11.6 Å². The maximum Gasteiger partial charge on any atom is 0.295 e. The topological polar surface area (TPSA) is 70.8 Å². The SMILES string of the molecule is Cc1ccc2oc3c(c(=O)c2c1)C(c1ccc(O)cc1)N(c1ccc(C)c(Cl)c1)C3=O. The van der Waals surface area contributed by atoms with E-state index in [-0.39, 0.29) is 22.5 Å². The van der Waals surface area contributed by atoms with Crippen molar-refractivity contribution in [1.29, 1.82) is 0 Å². The molecule has 1 atom stereocenters. The first kappa shape index (κ1) is 19.4. The molecule has 154 valence electrons. The minimum atomic E-state index is -0.706. The summed E-state index contributed by atoms with van der Waals surface area (Å²) in [7, 11) is 0. The van der Waals surface area contributed by atoms with Gasteiger partial charge in [-0.1, -0.05) is 41.4 Å². The largest absolute Gasteiger partial charge is 0.508 e. The summed E-state index contributed by atoms with van der Waals surface area (Å²) in [6.07, 6.45) is 0. The standard InChI is InChI=1S/C25H18ClNO4/c1-13-3-10-20-18(11-13)23(29)21-22(15-5-8-17(28)9-6-15)27(25(30)24(21)31-20)16-7-4-14(2)19(26)12-16/h3-12,22,28H,1-2H3. The van der Waals surface area contributed by atoms with E-state index < -0.39 is 11.9 Å². The minimum Gasteiger partial charge on any atom is -0.508 e. The highest BCUT2D eigenvalue weighted by Gasteiger charge is 2.43. The number of rotatable bonds is 2. The molecule has 0 saturated carbocycles. The van der Waals surface area contributed by atoms with Crippen LogP contribution in [-0.2, 0) is 0 Å². The number of hydrogen-bond donors (Lipinski definition) is 1. The normalized spacial score (nSPS) is 15.5. The summed E-state index contributed by atoms with van der Waals surface area (Å²) < 4.78 is 5.96. The number of phenolic OH excluding ortho intramolecular Hbond substituents is 1. The van der Waals surface area contributed by atoms with Gasteiger partial charge in [0.2, 0.25) is 5.76 Å². The molecule has 3 aromatic carbocycles. The zero-order chi connectivity index (χ0) is 21.9. The third-order valence-electron chi connectivity index (χ3n) is 5.67. The highest BCUT2D eigenvalue weighted by molar-refractivity contribution is 6.31. The number of aryl methyl sites for hydroxylation is 2. The second-order valence-electron chi connectivity index (χ2n) is 7.78. The number of fused-ring (bicyclic) bond motifs is 2. The van der Waals surface area contributed by atoms with Crippen molar-refractivity contribution in [3.63, 3.8) is 0 Å². The fourth-order valence-electron chi connectivity index (χ4n) is 4.06. The number of anilines is 1. The second kappa shape index (κ2) is 7.00. The number of benzene rings is 3. The zero-order valence-corrected chi connectivity index (χ0v) is 17.6. The molecule has 1 aliphatic heterocycles. The number of phenols is 1. The van der Waals surface area contributed by atoms with E-state index in [1.165, 1.54) is 17.0 Å². The summed E-state index contributed by atoms with van der Waals surface area (Å²) in [6.45, 7) is 3.78. The van der Waals surface area contributed by atoms with Crippen molar-refractivity contribution in [3.8, 4) is 5.75 Å². The second-order valence-corrected chi connectivity index (χ2v) is 8.18. The number of hydrogen-bond acceptors (Lipinski definition) is 4. The van der Waals surface area contributed by atoms with Gasteiger partial charge in [0.05, 0.1) is 17.0 Å². The Labute approximate surface area is 183 Å². The van der Waals surface area contributed by atoms with Crippen LogP contribution in [0.1, 0.15) is 38.9 Å². The Bertz CT molecular complexity index is 1420. The van der Waals surface area contributed by atoms with Crippen LogP contribution in [0.4, 0.5) is 5.69 Å². The Hall–Kier alpha value is -3.57. The summed E-state index contributed by atoms with van der Waals surface area (Å²) in [5.74, 6) is -0.289. The molecule has 0 aliphatic carbocycles. The predicted octanol–water partition coefficient (Wildman–Crippen LogP) is 5.52. The van der Waals surface area contributed by atoms with Crippen molar-refractivity contribution in [1.82, 2.24) is 0 Å². The lowest BCUT2D eigenvalue weighted by molar-refractivity contribution is 0.0971. The Balaban J connectivity index is 1.82. The maximum atomic E-state index is 13.6. The van der Waals surface area contributed by atoms with E-state index in [2.05, 4.69) is 0 Å². The Morgan fingerprint density at radius 3 is 2.42 bits per heavy atom. The predicted molar refractivity (Wildman–Crippen MR) is 120 cm³/mol. The molecule has 1 unspecified atom stereocenters. The average Bonchev–Trinajstić information content (AvgIpc) is 3.04. The monoisotopic (exact) mass is 431 g/mol. The van der Waals surface area contributed by atoms with E-state index in [4.69, 9.17) is 16.0 Å². The van der Waals surface area contributed by atoms with Crippen LogP contribution in [0.25, 0.3) is 11.0 Å². The summed E-state index contributed by atoms with van der Waals surface area (Å²) >= 11 is 6.34. The highest BCUT2D eigenvalue weighted by atomic mass is 35.5. The molecule has 0 bridgehead atoms. The van der Waals surface area contributed by atoms with Gasteiger partial charge in [0.1, 0.15) is 11.3 Å².